The largest absolute Gasteiger partial charge is 0.396 e. The van der Waals surface area contributed by atoms with E-state index in [1.807, 2.05) is 12.1 Å². The van der Waals surface area contributed by atoms with E-state index >= 15 is 0 Å². The molecule has 7 heteroatoms. The number of rotatable bonds is 11. The van der Waals surface area contributed by atoms with Gasteiger partial charge in [0.2, 0.25) is 0 Å². The van der Waals surface area contributed by atoms with Crippen LogP contribution >= 0.6 is 34.5 Å². The van der Waals surface area contributed by atoms with Crippen LogP contribution in [0.1, 0.15) is 56.6 Å². The number of ether oxygens (including phenoxy) is 1. The average Bonchev–Trinajstić information content (AvgIpc) is 3.47. The fourth-order valence-electron chi connectivity index (χ4n) is 5.90. The Morgan fingerprint density at radius 2 is 1.91 bits per heavy atom. The predicted molar refractivity (Wildman–Crippen MR) is 148 cm³/mol. The van der Waals surface area contributed by atoms with Crippen molar-refractivity contribution in [2.75, 3.05) is 45.9 Å². The maximum Gasteiger partial charge on any atom is 0.0629 e. The van der Waals surface area contributed by atoms with Crippen molar-refractivity contribution < 1.29 is 9.84 Å². The number of aliphatic hydroxyl groups is 1. The molecule has 1 aromatic heterocycles. The van der Waals surface area contributed by atoms with Crippen LogP contribution in [0, 0.1) is 11.8 Å². The number of halogens is 2. The normalized spacial score (nSPS) is 22.8. The first-order valence-corrected chi connectivity index (χ1v) is 14.7. The Balaban J connectivity index is 1.31. The predicted octanol–water partition coefficient (Wildman–Crippen LogP) is 6.55. The van der Waals surface area contributed by atoms with Crippen LogP contribution in [0.25, 0.3) is 0 Å². The highest BCUT2D eigenvalue weighted by molar-refractivity contribution is 7.08. The van der Waals surface area contributed by atoms with Crippen LogP contribution in [0.3, 0.4) is 0 Å². The van der Waals surface area contributed by atoms with Crippen molar-refractivity contribution >= 4 is 34.5 Å². The van der Waals surface area contributed by atoms with E-state index in [0.29, 0.717) is 23.5 Å². The van der Waals surface area contributed by atoms with Gasteiger partial charge in [-0.15, -0.1) is 0 Å². The highest BCUT2D eigenvalue weighted by Crippen LogP contribution is 2.37. The minimum atomic E-state index is -0.110. The van der Waals surface area contributed by atoms with Gasteiger partial charge in [-0.3, -0.25) is 4.90 Å². The Morgan fingerprint density at radius 3 is 2.60 bits per heavy atom. The molecule has 3 heterocycles. The lowest BCUT2D eigenvalue weighted by atomic mass is 9.85. The molecule has 4 rings (SSSR count). The summed E-state index contributed by atoms with van der Waals surface area (Å²) in [6.07, 6.45) is 4.30. The van der Waals surface area contributed by atoms with E-state index in [0.717, 1.165) is 55.5 Å². The SMILES string of the molecule is CC(C)(CC1CCN(CC2CN(Cc3ccc(Cl)cc3Cl)CC2c2ccsc2)CC1)OCCCO. The third-order valence-electron chi connectivity index (χ3n) is 7.67. The quantitative estimate of drug-likeness (QED) is 0.329. The van der Waals surface area contributed by atoms with Gasteiger partial charge in [0.05, 0.1) is 5.60 Å². The number of benzene rings is 1. The van der Waals surface area contributed by atoms with E-state index in [2.05, 4.69) is 46.5 Å². The minimum Gasteiger partial charge on any atom is -0.396 e. The Kier molecular flexibility index (Phi) is 9.96. The molecule has 4 nitrogen and oxygen atoms in total. The fraction of sp³-hybridized carbons (Fsp3) is 0.643. The molecule has 0 bridgehead atoms. The van der Waals surface area contributed by atoms with Gasteiger partial charge in [0, 0.05) is 55.4 Å². The van der Waals surface area contributed by atoms with Crippen molar-refractivity contribution in [3.63, 3.8) is 0 Å². The van der Waals surface area contributed by atoms with Crippen LogP contribution < -0.4 is 0 Å². The highest BCUT2D eigenvalue weighted by Gasteiger charge is 2.36. The monoisotopic (exact) mass is 538 g/mol. The van der Waals surface area contributed by atoms with Gasteiger partial charge in [-0.1, -0.05) is 29.3 Å². The zero-order chi connectivity index (χ0) is 24.8. The summed E-state index contributed by atoms with van der Waals surface area (Å²) in [6, 6.07) is 8.17. The number of hydrogen-bond acceptors (Lipinski definition) is 5. The molecule has 0 saturated carbocycles. The molecule has 1 aromatic carbocycles. The molecule has 0 spiro atoms. The molecule has 2 aliphatic rings. The zero-order valence-corrected chi connectivity index (χ0v) is 23.4. The maximum atomic E-state index is 9.02. The first kappa shape index (κ1) is 27.4. The highest BCUT2D eigenvalue weighted by atomic mass is 35.5. The Hall–Kier alpha value is -0.660. The summed E-state index contributed by atoms with van der Waals surface area (Å²) in [5.41, 5.74) is 2.54. The molecule has 2 atom stereocenters. The fourth-order valence-corrected chi connectivity index (χ4v) is 7.09. The summed E-state index contributed by atoms with van der Waals surface area (Å²) in [5, 5.41) is 15.0. The average molecular weight is 540 g/mol. The molecule has 2 aromatic rings. The second-order valence-electron chi connectivity index (χ2n) is 11.0. The lowest BCUT2D eigenvalue weighted by Gasteiger charge is -2.37. The van der Waals surface area contributed by atoms with E-state index in [-0.39, 0.29) is 12.2 Å². The van der Waals surface area contributed by atoms with Crippen molar-refractivity contribution in [2.45, 2.75) is 57.6 Å². The van der Waals surface area contributed by atoms with Gasteiger partial charge < -0.3 is 14.7 Å². The number of thiophene rings is 1. The summed E-state index contributed by atoms with van der Waals surface area (Å²) >= 11 is 14.4. The van der Waals surface area contributed by atoms with E-state index in [1.54, 1.807) is 11.3 Å². The van der Waals surface area contributed by atoms with Crippen LogP contribution in [0.5, 0.6) is 0 Å². The lowest BCUT2D eigenvalue weighted by molar-refractivity contribution is -0.0441. The molecule has 0 aliphatic carbocycles. The van der Waals surface area contributed by atoms with E-state index in [4.69, 9.17) is 33.0 Å². The third kappa shape index (κ3) is 7.91. The molecule has 0 radical (unpaired) electrons. The van der Waals surface area contributed by atoms with Gasteiger partial charge in [0.15, 0.2) is 0 Å². The van der Waals surface area contributed by atoms with E-state index in [1.165, 1.54) is 31.5 Å². The zero-order valence-electron chi connectivity index (χ0n) is 21.1. The van der Waals surface area contributed by atoms with E-state index in [9.17, 15) is 0 Å². The molecule has 1 N–H and O–H groups in total. The molecule has 0 amide bonds. The molecule has 2 unspecified atom stereocenters. The van der Waals surface area contributed by atoms with Gasteiger partial charge in [-0.2, -0.15) is 11.3 Å². The van der Waals surface area contributed by atoms with Gasteiger partial charge in [-0.25, -0.2) is 0 Å². The minimum absolute atomic E-state index is 0.110. The lowest BCUT2D eigenvalue weighted by Crippen LogP contribution is -2.40. The standard InChI is InChI=1S/C28H40Cl2N2O2S/c1-28(2,34-12-3-11-33)15-21-6-9-31(10-7-21)17-24-18-32(19-26(24)23-8-13-35-20-23)16-22-4-5-25(29)14-27(22)30/h4-5,8,13-14,20-21,24,26,33H,3,6-7,9-12,15-19H2,1-2H3. The number of likely N-dealkylation sites (tertiary alicyclic amines) is 2. The third-order valence-corrected chi connectivity index (χ3v) is 8.96. The number of nitrogens with zero attached hydrogens (tertiary/aromatic N) is 2. The van der Waals surface area contributed by atoms with Crippen LogP contribution in [0.2, 0.25) is 10.0 Å². The van der Waals surface area contributed by atoms with Crippen molar-refractivity contribution in [3.05, 3.63) is 56.2 Å². The van der Waals surface area contributed by atoms with Crippen molar-refractivity contribution in [1.82, 2.24) is 9.80 Å². The van der Waals surface area contributed by atoms with Crippen molar-refractivity contribution in [2.24, 2.45) is 11.8 Å². The van der Waals surface area contributed by atoms with Crippen LogP contribution in [-0.4, -0.2) is 66.4 Å². The number of hydrogen-bond donors (Lipinski definition) is 1. The topological polar surface area (TPSA) is 35.9 Å². The summed E-state index contributed by atoms with van der Waals surface area (Å²) in [4.78, 5) is 5.26. The summed E-state index contributed by atoms with van der Waals surface area (Å²) in [5.74, 6) is 1.92. The number of piperidine rings is 1. The summed E-state index contributed by atoms with van der Waals surface area (Å²) in [7, 11) is 0. The van der Waals surface area contributed by atoms with Crippen molar-refractivity contribution in [3.8, 4) is 0 Å². The Bertz CT molecular complexity index is 916. The maximum absolute atomic E-state index is 9.02. The molecule has 194 valence electrons. The van der Waals surface area contributed by atoms with Gasteiger partial charge in [0.1, 0.15) is 0 Å². The smallest absolute Gasteiger partial charge is 0.0629 e. The molecule has 35 heavy (non-hydrogen) atoms. The summed E-state index contributed by atoms with van der Waals surface area (Å²) < 4.78 is 6.04. The molecule has 2 saturated heterocycles. The first-order valence-electron chi connectivity index (χ1n) is 13.0. The van der Waals surface area contributed by atoms with Crippen molar-refractivity contribution in [1.29, 1.82) is 0 Å². The van der Waals surface area contributed by atoms with Gasteiger partial charge in [-0.05, 0) is 105 Å². The second-order valence-corrected chi connectivity index (χ2v) is 12.6. The molecular weight excluding hydrogens is 499 g/mol. The molecular formula is C28H40Cl2N2O2S. The first-order chi connectivity index (χ1) is 16.8. The number of aliphatic hydroxyl groups excluding tert-OH is 1. The van der Waals surface area contributed by atoms with Gasteiger partial charge >= 0.3 is 0 Å². The summed E-state index contributed by atoms with van der Waals surface area (Å²) in [6.45, 7) is 11.8. The molecule has 2 fully saturated rings. The van der Waals surface area contributed by atoms with Gasteiger partial charge in [0.25, 0.3) is 0 Å². The van der Waals surface area contributed by atoms with Crippen LogP contribution in [0.4, 0.5) is 0 Å². The second kappa shape index (κ2) is 12.7. The van der Waals surface area contributed by atoms with E-state index < -0.39 is 0 Å². The Morgan fingerprint density at radius 1 is 1.11 bits per heavy atom. The van der Waals surface area contributed by atoms with Crippen LogP contribution in [0.15, 0.2) is 35.0 Å². The molecule has 2 aliphatic heterocycles. The van der Waals surface area contributed by atoms with Crippen LogP contribution in [-0.2, 0) is 11.3 Å². The Labute approximate surface area is 225 Å².